The van der Waals surface area contributed by atoms with Gasteiger partial charge in [-0.1, -0.05) is 22.9 Å². The Morgan fingerprint density at radius 3 is 2.85 bits per heavy atom. The van der Waals surface area contributed by atoms with Crippen LogP contribution in [0.5, 0.6) is 0 Å². The zero-order valence-corrected chi connectivity index (χ0v) is 20.1. The number of amides is 1. The lowest BCUT2D eigenvalue weighted by atomic mass is 10.0. The van der Waals surface area contributed by atoms with E-state index in [1.165, 1.54) is 11.0 Å². The van der Waals surface area contributed by atoms with E-state index in [2.05, 4.69) is 25.4 Å². The quantitative estimate of drug-likeness (QED) is 0.454. The van der Waals surface area contributed by atoms with Crippen LogP contribution in [-0.4, -0.2) is 74.1 Å². The smallest absolute Gasteiger partial charge is 0.348 e. The Bertz CT molecular complexity index is 1290. The number of carbonyl (C=O) groups is 2. The molecule has 2 atom stereocenters. The molecule has 0 aromatic carbocycles. The molecular formula is C20H21ClN8O4S. The summed E-state index contributed by atoms with van der Waals surface area (Å²) in [4.78, 5) is 38.2. The Hall–Kier alpha value is -3.47. The third-order valence-corrected chi connectivity index (χ3v) is 7.21. The summed E-state index contributed by atoms with van der Waals surface area (Å²) < 4.78 is 7.10. The second-order valence-corrected chi connectivity index (χ2v) is 9.06. The predicted molar refractivity (Wildman–Crippen MR) is 123 cm³/mol. The molecule has 1 amide bonds. The first-order valence-electron chi connectivity index (χ1n) is 10.2. The Morgan fingerprint density at radius 1 is 1.47 bits per heavy atom. The maximum atomic E-state index is 12.8. The highest BCUT2D eigenvalue weighted by Crippen LogP contribution is 2.34. The summed E-state index contributed by atoms with van der Waals surface area (Å²) in [5.41, 5.74) is 1.00. The summed E-state index contributed by atoms with van der Waals surface area (Å²) in [6.07, 6.45) is 1.46. The molecule has 1 aliphatic rings. The molecule has 12 nitrogen and oxygen atoms in total. The van der Waals surface area contributed by atoms with Gasteiger partial charge in [0.1, 0.15) is 34.2 Å². The van der Waals surface area contributed by atoms with E-state index >= 15 is 0 Å². The van der Waals surface area contributed by atoms with Crippen LogP contribution in [0.4, 0.5) is 5.13 Å². The van der Waals surface area contributed by atoms with Crippen molar-refractivity contribution in [1.82, 2.24) is 30.0 Å². The molecule has 178 valence electrons. The van der Waals surface area contributed by atoms with Crippen LogP contribution in [0.1, 0.15) is 37.8 Å². The molecule has 0 radical (unpaired) electrons. The van der Waals surface area contributed by atoms with Gasteiger partial charge in [0, 0.05) is 32.9 Å². The van der Waals surface area contributed by atoms with Gasteiger partial charge in [-0.15, -0.1) is 0 Å². The maximum absolute atomic E-state index is 12.8. The number of aryl methyl sites for hydroxylation is 2. The summed E-state index contributed by atoms with van der Waals surface area (Å²) in [7, 11) is 3.21. The number of methoxy groups -OCH3 is 1. The zero-order chi connectivity index (χ0) is 24.6. The summed E-state index contributed by atoms with van der Waals surface area (Å²) in [5, 5.41) is 26.7. The van der Waals surface area contributed by atoms with Crippen LogP contribution in [0.3, 0.4) is 0 Å². The number of thiazole rings is 1. The molecule has 0 spiro atoms. The van der Waals surface area contributed by atoms with Crippen LogP contribution in [0.25, 0.3) is 11.5 Å². The number of anilines is 1. The molecule has 3 aromatic heterocycles. The van der Waals surface area contributed by atoms with Gasteiger partial charge < -0.3 is 25.0 Å². The van der Waals surface area contributed by atoms with E-state index in [9.17, 15) is 20.0 Å². The van der Waals surface area contributed by atoms with Crippen molar-refractivity contribution < 1.29 is 19.4 Å². The molecule has 4 rings (SSSR count). The van der Waals surface area contributed by atoms with Crippen molar-refractivity contribution in [3.8, 4) is 17.6 Å². The molecule has 3 N–H and O–H groups in total. The first kappa shape index (κ1) is 23.7. The molecule has 2 unspecified atom stereocenters. The highest BCUT2D eigenvalue weighted by Gasteiger charge is 2.34. The summed E-state index contributed by atoms with van der Waals surface area (Å²) >= 11 is 7.16. The first-order valence-corrected chi connectivity index (χ1v) is 11.4. The van der Waals surface area contributed by atoms with Gasteiger partial charge in [-0.25, -0.2) is 19.4 Å². The number of carboxylic acid groups (broad SMARTS) is 1. The molecule has 1 fully saturated rings. The molecule has 34 heavy (non-hydrogen) atoms. The van der Waals surface area contributed by atoms with Crippen molar-refractivity contribution in [2.24, 2.45) is 7.05 Å². The Labute approximate surface area is 203 Å². The number of piperidine rings is 1. The van der Waals surface area contributed by atoms with Gasteiger partial charge in [-0.3, -0.25) is 4.79 Å². The van der Waals surface area contributed by atoms with E-state index in [0.29, 0.717) is 36.2 Å². The summed E-state index contributed by atoms with van der Waals surface area (Å²) in [5.74, 6) is -1.18. The molecule has 0 bridgehead atoms. The first-order chi connectivity index (χ1) is 16.2. The normalized spacial score (nSPS) is 18.0. The molecule has 3 aromatic rings. The number of aromatic nitrogens is 5. The third kappa shape index (κ3) is 4.23. The fraction of sp³-hybridized carbons (Fsp3) is 0.400. The van der Waals surface area contributed by atoms with E-state index < -0.39 is 18.0 Å². The number of ether oxygens (including phenoxy) is 1. The lowest BCUT2D eigenvalue weighted by Crippen LogP contribution is -2.55. The number of halogens is 1. The van der Waals surface area contributed by atoms with Gasteiger partial charge in [-0.2, -0.15) is 10.4 Å². The lowest BCUT2D eigenvalue weighted by Gasteiger charge is -2.37. The number of nitriles is 1. The number of nitrogens with zero attached hydrogens (tertiary/aromatic N) is 6. The number of carbonyl (C=O) groups excluding carboxylic acids is 1. The minimum atomic E-state index is -1.10. The Kier molecular flexibility index (Phi) is 6.56. The summed E-state index contributed by atoms with van der Waals surface area (Å²) in [6.45, 7) is 2.57. The molecule has 0 saturated carbocycles. The molecule has 14 heteroatoms. The second kappa shape index (κ2) is 9.41. The minimum absolute atomic E-state index is 0.0681. The molecular weight excluding hydrogens is 484 g/mol. The minimum Gasteiger partial charge on any atom is -0.477 e. The number of nitrogens with one attached hydrogen (secondary N) is 2. The number of aromatic amines is 1. The van der Waals surface area contributed by atoms with Gasteiger partial charge in [-0.05, 0) is 13.3 Å². The molecule has 4 heterocycles. The van der Waals surface area contributed by atoms with Crippen molar-refractivity contribution in [3.05, 3.63) is 33.2 Å². The Balaban J connectivity index is 1.53. The average Bonchev–Trinajstić information content (AvgIpc) is 3.51. The standard InChI is InChI=1S/C20H21ClN8O4S/c1-9-13(21)10(6-22)14(25-9)18(30)26-11-4-5-29(7-12(11)33-3)20-27-15(16(34-20)19(31)32)17-23-8-24-28(17)2/h8,11-12,25H,4-5,7H2,1-3H3,(H,26,30)(H,31,32). The van der Waals surface area contributed by atoms with Crippen molar-refractivity contribution in [3.63, 3.8) is 0 Å². The second-order valence-electron chi connectivity index (χ2n) is 7.70. The van der Waals surface area contributed by atoms with Crippen LogP contribution in [0, 0.1) is 18.3 Å². The third-order valence-electron chi connectivity index (χ3n) is 5.63. The van der Waals surface area contributed by atoms with E-state index in [0.717, 1.165) is 11.3 Å². The van der Waals surface area contributed by atoms with Crippen LogP contribution in [0.15, 0.2) is 6.33 Å². The lowest BCUT2D eigenvalue weighted by molar-refractivity contribution is 0.0540. The van der Waals surface area contributed by atoms with Gasteiger partial charge in [0.15, 0.2) is 11.0 Å². The van der Waals surface area contributed by atoms with E-state index in [1.807, 2.05) is 11.0 Å². The van der Waals surface area contributed by atoms with E-state index in [4.69, 9.17) is 16.3 Å². The monoisotopic (exact) mass is 504 g/mol. The number of hydrogen-bond acceptors (Lipinski definition) is 9. The number of rotatable bonds is 6. The van der Waals surface area contributed by atoms with Gasteiger partial charge in [0.05, 0.1) is 17.2 Å². The SMILES string of the molecule is COC1CN(c2nc(-c3ncnn3C)c(C(=O)O)s2)CCC1NC(=O)c1[nH]c(C)c(Cl)c1C#N. The van der Waals surface area contributed by atoms with Gasteiger partial charge in [0.2, 0.25) is 0 Å². The van der Waals surface area contributed by atoms with Crippen molar-refractivity contribution in [2.75, 3.05) is 25.1 Å². The van der Waals surface area contributed by atoms with Gasteiger partial charge in [0.25, 0.3) is 5.91 Å². The van der Waals surface area contributed by atoms with Crippen molar-refractivity contribution in [2.45, 2.75) is 25.5 Å². The van der Waals surface area contributed by atoms with Crippen molar-refractivity contribution in [1.29, 1.82) is 5.26 Å². The van der Waals surface area contributed by atoms with Crippen LogP contribution >= 0.6 is 22.9 Å². The van der Waals surface area contributed by atoms with Crippen LogP contribution in [0.2, 0.25) is 5.02 Å². The van der Waals surface area contributed by atoms with Gasteiger partial charge >= 0.3 is 5.97 Å². The van der Waals surface area contributed by atoms with Crippen molar-refractivity contribution >= 4 is 39.9 Å². The number of aromatic carboxylic acids is 1. The molecule has 1 aliphatic heterocycles. The highest BCUT2D eigenvalue weighted by molar-refractivity contribution is 7.17. The van der Waals surface area contributed by atoms with E-state index in [-0.39, 0.29) is 32.9 Å². The average molecular weight is 505 g/mol. The molecule has 0 aliphatic carbocycles. The summed E-state index contributed by atoms with van der Waals surface area (Å²) in [6, 6.07) is 1.63. The zero-order valence-electron chi connectivity index (χ0n) is 18.5. The van der Waals surface area contributed by atoms with Crippen LogP contribution in [-0.2, 0) is 11.8 Å². The Morgan fingerprint density at radius 2 is 2.24 bits per heavy atom. The van der Waals surface area contributed by atoms with E-state index in [1.54, 1.807) is 21.1 Å². The predicted octanol–water partition coefficient (Wildman–Crippen LogP) is 1.82. The molecule has 1 saturated heterocycles. The largest absolute Gasteiger partial charge is 0.477 e. The highest BCUT2D eigenvalue weighted by atomic mass is 35.5. The number of carboxylic acids is 1. The topological polar surface area (TPSA) is 162 Å². The fourth-order valence-corrected chi connectivity index (χ4v) is 4.98. The fourth-order valence-electron chi connectivity index (χ4n) is 3.86. The number of hydrogen-bond donors (Lipinski definition) is 3. The number of H-pyrrole nitrogens is 1. The maximum Gasteiger partial charge on any atom is 0.348 e. The van der Waals surface area contributed by atoms with Crippen LogP contribution < -0.4 is 10.2 Å².